The van der Waals surface area contributed by atoms with Gasteiger partial charge in [-0.25, -0.2) is 4.98 Å². The minimum atomic E-state index is -0.248. The maximum absolute atomic E-state index is 12.3. The summed E-state index contributed by atoms with van der Waals surface area (Å²) >= 11 is 0. The van der Waals surface area contributed by atoms with E-state index in [4.69, 9.17) is 0 Å². The number of carbonyl (C=O) groups is 2. The number of likely N-dealkylation sites (N-methyl/N-ethyl adjacent to an activating group) is 1. The fraction of sp³-hybridized carbons (Fsp3) is 0.250. The van der Waals surface area contributed by atoms with E-state index in [-0.39, 0.29) is 18.4 Å². The summed E-state index contributed by atoms with van der Waals surface area (Å²) < 4.78 is 0. The Kier molecular flexibility index (Phi) is 5.02. The molecular formula is C20H22N4O2. The van der Waals surface area contributed by atoms with Crippen LogP contribution in [-0.4, -0.2) is 40.3 Å². The van der Waals surface area contributed by atoms with Crippen LogP contribution in [-0.2, 0) is 11.3 Å². The van der Waals surface area contributed by atoms with Crippen LogP contribution in [0.25, 0.3) is 11.0 Å². The van der Waals surface area contributed by atoms with E-state index in [2.05, 4.69) is 15.3 Å². The highest BCUT2D eigenvalue weighted by molar-refractivity contribution is 5.96. The molecule has 0 unspecified atom stereocenters. The molecule has 2 N–H and O–H groups in total. The van der Waals surface area contributed by atoms with Crippen LogP contribution in [0.4, 0.5) is 0 Å². The van der Waals surface area contributed by atoms with Crippen molar-refractivity contribution in [2.45, 2.75) is 20.4 Å². The van der Waals surface area contributed by atoms with Crippen molar-refractivity contribution in [1.82, 2.24) is 20.2 Å². The first-order valence-electron chi connectivity index (χ1n) is 8.46. The number of aryl methyl sites for hydroxylation is 2. The Morgan fingerprint density at radius 2 is 1.81 bits per heavy atom. The number of para-hydroxylation sites is 2. The zero-order chi connectivity index (χ0) is 18.7. The van der Waals surface area contributed by atoms with Crippen LogP contribution in [0.2, 0.25) is 0 Å². The van der Waals surface area contributed by atoms with E-state index in [0.717, 1.165) is 22.2 Å². The quantitative estimate of drug-likeness (QED) is 0.742. The van der Waals surface area contributed by atoms with E-state index < -0.39 is 0 Å². The third-order valence-electron chi connectivity index (χ3n) is 4.14. The van der Waals surface area contributed by atoms with E-state index >= 15 is 0 Å². The average Bonchev–Trinajstić information content (AvgIpc) is 3.00. The average molecular weight is 350 g/mol. The van der Waals surface area contributed by atoms with Gasteiger partial charge in [0, 0.05) is 12.6 Å². The lowest BCUT2D eigenvalue weighted by molar-refractivity contribution is -0.129. The Balaban J connectivity index is 1.57. The minimum Gasteiger partial charge on any atom is -0.343 e. The van der Waals surface area contributed by atoms with Gasteiger partial charge in [-0.1, -0.05) is 29.3 Å². The fourth-order valence-corrected chi connectivity index (χ4v) is 2.89. The number of hydrogen-bond acceptors (Lipinski definition) is 3. The number of H-pyrrole nitrogens is 1. The Hall–Kier alpha value is -3.15. The number of benzene rings is 2. The van der Waals surface area contributed by atoms with Gasteiger partial charge < -0.3 is 15.2 Å². The van der Waals surface area contributed by atoms with Crippen LogP contribution in [0.1, 0.15) is 27.3 Å². The van der Waals surface area contributed by atoms with Gasteiger partial charge in [0.15, 0.2) is 0 Å². The van der Waals surface area contributed by atoms with Crippen molar-refractivity contribution in [3.05, 3.63) is 65.0 Å². The molecule has 0 spiro atoms. The minimum absolute atomic E-state index is 0.0530. The molecule has 2 amide bonds. The molecule has 3 rings (SSSR count). The molecule has 134 valence electrons. The number of carbonyl (C=O) groups excluding carboxylic acids is 2. The van der Waals surface area contributed by atoms with Gasteiger partial charge >= 0.3 is 0 Å². The Bertz CT molecular complexity index is 908. The third kappa shape index (κ3) is 4.08. The number of nitrogens with one attached hydrogen (secondary N) is 2. The van der Waals surface area contributed by atoms with Crippen molar-refractivity contribution in [2.75, 3.05) is 13.6 Å². The lowest BCUT2D eigenvalue weighted by atomic mass is 10.1. The molecule has 0 bridgehead atoms. The predicted octanol–water partition coefficient (Wildman–Crippen LogP) is 2.57. The van der Waals surface area contributed by atoms with Crippen molar-refractivity contribution in [2.24, 2.45) is 0 Å². The van der Waals surface area contributed by atoms with E-state index in [1.807, 2.05) is 56.3 Å². The van der Waals surface area contributed by atoms with Crippen molar-refractivity contribution in [3.8, 4) is 0 Å². The lowest BCUT2D eigenvalue weighted by Gasteiger charge is -2.16. The summed E-state index contributed by atoms with van der Waals surface area (Å²) in [6, 6.07) is 13.3. The zero-order valence-electron chi connectivity index (χ0n) is 15.2. The Labute approximate surface area is 152 Å². The molecule has 0 aliphatic carbocycles. The van der Waals surface area contributed by atoms with E-state index in [9.17, 15) is 9.59 Å². The molecular weight excluding hydrogens is 328 g/mol. The van der Waals surface area contributed by atoms with Crippen LogP contribution in [0.3, 0.4) is 0 Å². The largest absolute Gasteiger partial charge is 0.343 e. The topological polar surface area (TPSA) is 78.1 Å². The van der Waals surface area contributed by atoms with Gasteiger partial charge in [-0.05, 0) is 38.1 Å². The first kappa shape index (κ1) is 17.7. The van der Waals surface area contributed by atoms with Gasteiger partial charge in [-0.2, -0.15) is 0 Å². The molecule has 2 aromatic carbocycles. The number of fused-ring (bicyclic) bond motifs is 1. The first-order chi connectivity index (χ1) is 12.4. The van der Waals surface area contributed by atoms with Crippen LogP contribution < -0.4 is 5.32 Å². The summed E-state index contributed by atoms with van der Waals surface area (Å²) in [5.41, 5.74) is 4.40. The van der Waals surface area contributed by atoms with E-state index in [1.54, 1.807) is 11.9 Å². The molecule has 6 heteroatoms. The maximum atomic E-state index is 12.3. The van der Waals surface area contributed by atoms with Gasteiger partial charge in [0.05, 0.1) is 24.1 Å². The number of aromatic nitrogens is 2. The molecule has 0 atom stereocenters. The van der Waals surface area contributed by atoms with Crippen molar-refractivity contribution in [3.63, 3.8) is 0 Å². The summed E-state index contributed by atoms with van der Waals surface area (Å²) in [5.74, 6) is 0.285. The highest BCUT2D eigenvalue weighted by Gasteiger charge is 2.14. The number of imidazole rings is 1. The molecule has 1 aromatic heterocycles. The Morgan fingerprint density at radius 3 is 2.50 bits per heavy atom. The standard InChI is InChI=1S/C20H22N4O2/c1-13-8-14(2)10-15(9-13)20(26)21-11-19(25)24(3)12-18-22-16-6-4-5-7-17(16)23-18/h4-10H,11-12H2,1-3H3,(H,21,26)(H,22,23). The molecule has 0 fully saturated rings. The monoisotopic (exact) mass is 350 g/mol. The Morgan fingerprint density at radius 1 is 1.12 bits per heavy atom. The summed E-state index contributed by atoms with van der Waals surface area (Å²) in [6.45, 7) is 4.18. The molecule has 6 nitrogen and oxygen atoms in total. The van der Waals surface area contributed by atoms with Crippen molar-refractivity contribution >= 4 is 22.8 Å². The van der Waals surface area contributed by atoms with Gasteiger partial charge in [0.25, 0.3) is 5.91 Å². The number of rotatable bonds is 5. The van der Waals surface area contributed by atoms with Crippen LogP contribution in [0, 0.1) is 13.8 Å². The van der Waals surface area contributed by atoms with Crippen molar-refractivity contribution in [1.29, 1.82) is 0 Å². The highest BCUT2D eigenvalue weighted by atomic mass is 16.2. The van der Waals surface area contributed by atoms with E-state index in [1.165, 1.54) is 0 Å². The second kappa shape index (κ2) is 7.39. The molecule has 0 saturated heterocycles. The number of aromatic amines is 1. The second-order valence-corrected chi connectivity index (χ2v) is 6.51. The lowest BCUT2D eigenvalue weighted by Crippen LogP contribution is -2.38. The third-order valence-corrected chi connectivity index (χ3v) is 4.14. The van der Waals surface area contributed by atoms with Crippen LogP contribution in [0.5, 0.6) is 0 Å². The molecule has 3 aromatic rings. The number of hydrogen-bond donors (Lipinski definition) is 2. The number of amides is 2. The summed E-state index contributed by atoms with van der Waals surface area (Å²) in [7, 11) is 1.69. The normalized spacial score (nSPS) is 10.7. The van der Waals surface area contributed by atoms with Gasteiger partial charge in [-0.15, -0.1) is 0 Å². The van der Waals surface area contributed by atoms with Gasteiger partial charge in [-0.3, -0.25) is 9.59 Å². The molecule has 0 aliphatic heterocycles. The molecule has 1 heterocycles. The smallest absolute Gasteiger partial charge is 0.251 e. The van der Waals surface area contributed by atoms with Gasteiger partial charge in [0.2, 0.25) is 5.91 Å². The fourth-order valence-electron chi connectivity index (χ4n) is 2.89. The predicted molar refractivity (Wildman–Crippen MR) is 101 cm³/mol. The molecule has 26 heavy (non-hydrogen) atoms. The first-order valence-corrected chi connectivity index (χ1v) is 8.46. The highest BCUT2D eigenvalue weighted by Crippen LogP contribution is 2.11. The summed E-state index contributed by atoms with van der Waals surface area (Å²) in [5, 5.41) is 2.69. The molecule has 0 saturated carbocycles. The van der Waals surface area contributed by atoms with Crippen LogP contribution in [0.15, 0.2) is 42.5 Å². The van der Waals surface area contributed by atoms with E-state index in [0.29, 0.717) is 17.9 Å². The maximum Gasteiger partial charge on any atom is 0.251 e. The SMILES string of the molecule is Cc1cc(C)cc(C(=O)NCC(=O)N(C)Cc2nc3ccccc3[nH]2)c1. The van der Waals surface area contributed by atoms with Crippen molar-refractivity contribution < 1.29 is 9.59 Å². The van der Waals surface area contributed by atoms with Crippen LogP contribution >= 0.6 is 0 Å². The van der Waals surface area contributed by atoms with Gasteiger partial charge in [0.1, 0.15) is 5.82 Å². The molecule has 0 radical (unpaired) electrons. The summed E-state index contributed by atoms with van der Waals surface area (Å²) in [4.78, 5) is 33.7. The second-order valence-electron chi connectivity index (χ2n) is 6.51. The number of nitrogens with zero attached hydrogens (tertiary/aromatic N) is 2. The molecule has 0 aliphatic rings. The zero-order valence-corrected chi connectivity index (χ0v) is 15.2. The summed E-state index contributed by atoms with van der Waals surface area (Å²) in [6.07, 6.45) is 0.